The van der Waals surface area contributed by atoms with Gasteiger partial charge in [-0.2, -0.15) is 0 Å². The molecule has 34 heavy (non-hydrogen) atoms. The highest BCUT2D eigenvalue weighted by atomic mass is 16.5. The van der Waals surface area contributed by atoms with Crippen LogP contribution in [-0.2, 0) is 0 Å². The number of nitrogens with zero attached hydrogens (tertiary/aromatic N) is 3. The molecule has 180 valence electrons. The van der Waals surface area contributed by atoms with Crippen molar-refractivity contribution >= 4 is 17.3 Å². The van der Waals surface area contributed by atoms with Crippen LogP contribution in [0.15, 0.2) is 54.1 Å². The summed E-state index contributed by atoms with van der Waals surface area (Å²) in [7, 11) is 0. The van der Waals surface area contributed by atoms with Gasteiger partial charge in [-0.05, 0) is 95.0 Å². The molecule has 2 atom stereocenters. The van der Waals surface area contributed by atoms with E-state index < -0.39 is 0 Å². The number of anilines is 2. The molecule has 1 amide bonds. The lowest BCUT2D eigenvalue weighted by Gasteiger charge is -2.46. The maximum absolute atomic E-state index is 13.0. The van der Waals surface area contributed by atoms with Crippen LogP contribution in [0.5, 0.6) is 11.5 Å². The second-order valence-corrected chi connectivity index (χ2v) is 10.2. The molecule has 3 aliphatic rings. The summed E-state index contributed by atoms with van der Waals surface area (Å²) in [5.41, 5.74) is 4.21. The molecule has 5 rings (SSSR count). The quantitative estimate of drug-likeness (QED) is 0.454. The Kier molecular flexibility index (Phi) is 6.39. The van der Waals surface area contributed by atoms with E-state index in [1.54, 1.807) is 0 Å². The number of fused-ring (bicyclic) bond motifs is 4. The number of allylic oxidation sites excluding steroid dienone is 2. The van der Waals surface area contributed by atoms with Crippen molar-refractivity contribution < 1.29 is 9.53 Å². The highest BCUT2D eigenvalue weighted by Gasteiger charge is 2.44. The summed E-state index contributed by atoms with van der Waals surface area (Å²) in [6, 6.07) is 14.2. The number of benzene rings is 2. The van der Waals surface area contributed by atoms with Gasteiger partial charge in [-0.1, -0.05) is 23.8 Å². The van der Waals surface area contributed by atoms with E-state index in [1.807, 2.05) is 43.0 Å². The number of carbonyl (C=O) groups is 1. The molecule has 2 unspecified atom stereocenters. The lowest BCUT2D eigenvalue weighted by atomic mass is 9.83. The van der Waals surface area contributed by atoms with Gasteiger partial charge in [0.15, 0.2) is 11.5 Å². The predicted octanol–water partition coefficient (Wildman–Crippen LogP) is 6.64. The highest BCUT2D eigenvalue weighted by Crippen LogP contribution is 2.51. The van der Waals surface area contributed by atoms with Gasteiger partial charge < -0.3 is 9.64 Å². The van der Waals surface area contributed by atoms with E-state index in [1.165, 1.54) is 24.8 Å². The van der Waals surface area contributed by atoms with Crippen molar-refractivity contribution in [3.63, 3.8) is 0 Å². The minimum Gasteiger partial charge on any atom is -0.453 e. The number of hydrogen-bond donors (Lipinski definition) is 0. The summed E-state index contributed by atoms with van der Waals surface area (Å²) in [6.07, 6.45) is 6.27. The fourth-order valence-electron chi connectivity index (χ4n) is 6.10. The minimum atomic E-state index is 0.0555. The smallest absolute Gasteiger partial charge is 0.253 e. The van der Waals surface area contributed by atoms with Gasteiger partial charge in [0.25, 0.3) is 5.91 Å². The molecule has 2 heterocycles. The summed E-state index contributed by atoms with van der Waals surface area (Å²) < 4.78 is 6.34. The fraction of sp³-hybridized carbons (Fsp3) is 0.483. The topological polar surface area (TPSA) is 36.0 Å². The van der Waals surface area contributed by atoms with E-state index in [9.17, 15) is 4.79 Å². The van der Waals surface area contributed by atoms with Gasteiger partial charge in [0.05, 0.1) is 0 Å². The average Bonchev–Trinajstić information content (AvgIpc) is 3.08. The first kappa shape index (κ1) is 23.0. The number of rotatable bonds is 6. The lowest BCUT2D eigenvalue weighted by Crippen LogP contribution is -2.50. The SMILES string of the molecule is CCN(CC)C(=O)c1ccc2c(c1)Oc1ccccc1N2N1CC2CCC(C1)C2CC=C(C)C. The molecule has 2 aliphatic heterocycles. The van der Waals surface area contributed by atoms with Crippen LogP contribution in [0.1, 0.15) is 57.3 Å². The van der Waals surface area contributed by atoms with Gasteiger partial charge in [0.1, 0.15) is 11.4 Å². The lowest BCUT2D eigenvalue weighted by molar-refractivity contribution is 0.0772. The molecular formula is C29H37N3O2. The average molecular weight is 460 g/mol. The third-order valence-electron chi connectivity index (χ3n) is 7.89. The van der Waals surface area contributed by atoms with Crippen LogP contribution in [0.4, 0.5) is 11.4 Å². The molecule has 5 heteroatoms. The first-order valence-corrected chi connectivity index (χ1v) is 12.9. The number of hydrogen-bond acceptors (Lipinski definition) is 4. The zero-order chi connectivity index (χ0) is 23.8. The van der Waals surface area contributed by atoms with Gasteiger partial charge >= 0.3 is 0 Å². The molecule has 0 spiro atoms. The van der Waals surface area contributed by atoms with Crippen molar-refractivity contribution in [1.82, 2.24) is 9.91 Å². The first-order valence-electron chi connectivity index (χ1n) is 12.9. The Morgan fingerprint density at radius 2 is 1.68 bits per heavy atom. The van der Waals surface area contributed by atoms with E-state index in [0.29, 0.717) is 18.7 Å². The second-order valence-electron chi connectivity index (χ2n) is 10.2. The Balaban J connectivity index is 1.47. The summed E-state index contributed by atoms with van der Waals surface area (Å²) in [6.45, 7) is 12.0. The molecule has 1 saturated carbocycles. The van der Waals surface area contributed by atoms with Crippen LogP contribution in [0.3, 0.4) is 0 Å². The Hall–Kier alpha value is -2.79. The van der Waals surface area contributed by atoms with E-state index in [4.69, 9.17) is 4.74 Å². The van der Waals surface area contributed by atoms with Gasteiger partial charge in [-0.15, -0.1) is 0 Å². The molecule has 0 aromatic heterocycles. The molecule has 2 aromatic carbocycles. The molecule has 5 nitrogen and oxygen atoms in total. The van der Waals surface area contributed by atoms with E-state index in [2.05, 4.69) is 48.1 Å². The molecule has 1 saturated heterocycles. The third-order valence-corrected chi connectivity index (χ3v) is 7.89. The Bertz CT molecular complexity index is 1070. The predicted molar refractivity (Wildman–Crippen MR) is 138 cm³/mol. The summed E-state index contributed by atoms with van der Waals surface area (Å²) in [5.74, 6) is 3.89. The van der Waals surface area contributed by atoms with Crippen molar-refractivity contribution in [3.8, 4) is 11.5 Å². The molecular weight excluding hydrogens is 422 g/mol. The minimum absolute atomic E-state index is 0.0555. The van der Waals surface area contributed by atoms with Gasteiger partial charge in [-0.25, -0.2) is 5.01 Å². The Labute approximate surface area is 204 Å². The van der Waals surface area contributed by atoms with Crippen LogP contribution in [0, 0.1) is 17.8 Å². The maximum atomic E-state index is 13.0. The summed E-state index contributed by atoms with van der Waals surface area (Å²) in [4.78, 5) is 14.9. The van der Waals surface area contributed by atoms with E-state index in [0.717, 1.165) is 53.7 Å². The largest absolute Gasteiger partial charge is 0.453 e. The standard InChI is InChI=1S/C29H37N3O2/c1-5-30(6-2)29(33)21-14-16-26-28(17-21)34-27-10-8-7-9-25(27)32(26)31-18-22-12-13-23(19-31)24(22)15-11-20(3)4/h7-11,14,16-17,22-24H,5-6,12-13,15,18-19H2,1-4H3. The van der Waals surface area contributed by atoms with Crippen molar-refractivity contribution in [3.05, 3.63) is 59.7 Å². The number of carbonyl (C=O) groups excluding carboxylic acids is 1. The van der Waals surface area contributed by atoms with Crippen molar-refractivity contribution in [2.75, 3.05) is 31.2 Å². The number of amides is 1. The summed E-state index contributed by atoms with van der Waals surface area (Å²) >= 11 is 0. The molecule has 0 N–H and O–H groups in total. The van der Waals surface area contributed by atoms with Crippen molar-refractivity contribution in [2.45, 2.75) is 47.0 Å². The number of para-hydroxylation sites is 2. The highest BCUT2D eigenvalue weighted by molar-refractivity contribution is 5.96. The van der Waals surface area contributed by atoms with Crippen molar-refractivity contribution in [2.24, 2.45) is 17.8 Å². The van der Waals surface area contributed by atoms with Crippen molar-refractivity contribution in [1.29, 1.82) is 0 Å². The molecule has 0 radical (unpaired) electrons. The molecule has 1 aliphatic carbocycles. The monoisotopic (exact) mass is 459 g/mol. The Morgan fingerprint density at radius 1 is 1.00 bits per heavy atom. The van der Waals surface area contributed by atoms with Gasteiger partial charge in [-0.3, -0.25) is 9.80 Å². The normalized spacial score (nSPS) is 23.1. The molecule has 2 fully saturated rings. The zero-order valence-electron chi connectivity index (χ0n) is 21.0. The van der Waals surface area contributed by atoms with Gasteiger partial charge in [0, 0.05) is 31.7 Å². The van der Waals surface area contributed by atoms with E-state index in [-0.39, 0.29) is 5.91 Å². The molecule has 2 aromatic rings. The van der Waals surface area contributed by atoms with Crippen LogP contribution < -0.4 is 9.75 Å². The van der Waals surface area contributed by atoms with Crippen LogP contribution in [0.2, 0.25) is 0 Å². The fourth-order valence-corrected chi connectivity index (χ4v) is 6.10. The Morgan fingerprint density at radius 3 is 2.35 bits per heavy atom. The molecule has 2 bridgehead atoms. The van der Waals surface area contributed by atoms with E-state index >= 15 is 0 Å². The first-order chi connectivity index (χ1) is 16.5. The zero-order valence-corrected chi connectivity index (χ0v) is 21.0. The van der Waals surface area contributed by atoms with Crippen LogP contribution in [-0.4, -0.2) is 42.0 Å². The van der Waals surface area contributed by atoms with Crippen LogP contribution >= 0.6 is 0 Å². The number of piperidine rings is 1. The summed E-state index contributed by atoms with van der Waals surface area (Å²) in [5, 5.41) is 4.90. The van der Waals surface area contributed by atoms with Crippen LogP contribution in [0.25, 0.3) is 0 Å². The van der Waals surface area contributed by atoms with Gasteiger partial charge in [0.2, 0.25) is 0 Å². The third kappa shape index (κ3) is 4.11. The number of ether oxygens (including phenoxy) is 1. The maximum Gasteiger partial charge on any atom is 0.253 e. The second kappa shape index (κ2) is 9.46. The number of hydrazine groups is 1.